The maximum Gasteiger partial charge on any atom is 0.248 e. The van der Waals surface area contributed by atoms with E-state index in [9.17, 15) is 14.0 Å². The zero-order valence-electron chi connectivity index (χ0n) is 12.7. The minimum absolute atomic E-state index is 0.0703. The van der Waals surface area contributed by atoms with E-state index in [0.717, 1.165) is 11.8 Å². The third-order valence-corrected chi connectivity index (χ3v) is 4.37. The number of carbonyl (C=O) groups is 2. The SMILES string of the molecule is O=C(CSCC(=O)Nc1nccs1)NNC(=S)Nc1cccc(F)c1. The van der Waals surface area contributed by atoms with Crippen LogP contribution >= 0.6 is 35.3 Å². The van der Waals surface area contributed by atoms with Gasteiger partial charge in [0.05, 0.1) is 11.5 Å². The van der Waals surface area contributed by atoms with Gasteiger partial charge in [0.15, 0.2) is 10.2 Å². The number of benzene rings is 1. The molecule has 1 aromatic heterocycles. The van der Waals surface area contributed by atoms with E-state index in [1.54, 1.807) is 17.6 Å². The lowest BCUT2D eigenvalue weighted by atomic mass is 10.3. The number of halogens is 1. The van der Waals surface area contributed by atoms with Crippen molar-refractivity contribution in [3.8, 4) is 0 Å². The molecule has 0 aliphatic carbocycles. The molecule has 0 saturated carbocycles. The highest BCUT2D eigenvalue weighted by Crippen LogP contribution is 2.11. The Kier molecular flexibility index (Phi) is 7.57. The van der Waals surface area contributed by atoms with E-state index in [-0.39, 0.29) is 28.4 Å². The van der Waals surface area contributed by atoms with E-state index in [1.807, 2.05) is 0 Å². The number of carbonyl (C=O) groups excluding carboxylic acids is 2. The molecule has 1 aromatic carbocycles. The number of aromatic nitrogens is 1. The molecular formula is C14H14FN5O2S3. The van der Waals surface area contributed by atoms with Gasteiger partial charge < -0.3 is 10.6 Å². The predicted octanol–water partition coefficient (Wildman–Crippen LogP) is 1.97. The van der Waals surface area contributed by atoms with E-state index >= 15 is 0 Å². The monoisotopic (exact) mass is 399 g/mol. The van der Waals surface area contributed by atoms with Crippen molar-refractivity contribution >= 4 is 63.1 Å². The Morgan fingerprint density at radius 1 is 1.20 bits per heavy atom. The van der Waals surface area contributed by atoms with Gasteiger partial charge in [0.2, 0.25) is 11.8 Å². The molecule has 4 N–H and O–H groups in total. The molecule has 0 bridgehead atoms. The zero-order chi connectivity index (χ0) is 18.1. The molecule has 0 aliphatic rings. The first-order valence-electron chi connectivity index (χ1n) is 6.91. The third-order valence-electron chi connectivity index (χ3n) is 2.54. The fourth-order valence-electron chi connectivity index (χ4n) is 1.57. The van der Waals surface area contributed by atoms with Gasteiger partial charge in [0.25, 0.3) is 0 Å². The van der Waals surface area contributed by atoms with Crippen LogP contribution in [0.3, 0.4) is 0 Å². The number of thiocarbonyl (C=S) groups is 1. The van der Waals surface area contributed by atoms with E-state index in [4.69, 9.17) is 12.2 Å². The smallest absolute Gasteiger partial charge is 0.248 e. The summed E-state index contributed by atoms with van der Waals surface area (Å²) in [6.45, 7) is 0. The molecule has 1 heterocycles. The molecular weight excluding hydrogens is 385 g/mol. The van der Waals surface area contributed by atoms with Crippen LogP contribution in [0.2, 0.25) is 0 Å². The fourth-order valence-corrected chi connectivity index (χ4v) is 2.90. The number of thioether (sulfide) groups is 1. The third kappa shape index (κ3) is 7.45. The highest BCUT2D eigenvalue weighted by Gasteiger charge is 2.07. The number of amides is 2. The lowest BCUT2D eigenvalue weighted by Gasteiger charge is -2.11. The zero-order valence-corrected chi connectivity index (χ0v) is 15.2. The summed E-state index contributed by atoms with van der Waals surface area (Å²) in [5.74, 6) is -0.788. The van der Waals surface area contributed by atoms with Crippen LogP contribution in [0.1, 0.15) is 0 Å². The summed E-state index contributed by atoms with van der Waals surface area (Å²) in [5, 5.41) is 7.73. The van der Waals surface area contributed by atoms with Gasteiger partial charge >= 0.3 is 0 Å². The van der Waals surface area contributed by atoms with Gasteiger partial charge in [-0.25, -0.2) is 9.37 Å². The number of hydrogen-bond acceptors (Lipinski definition) is 6. The standard InChI is InChI=1S/C14H14FN5O2S3/c15-9-2-1-3-10(6-9)17-13(23)20-19-12(22)8-24-7-11(21)18-14-16-4-5-25-14/h1-6H,7-8H2,(H,19,22)(H,16,18,21)(H2,17,20,23). The van der Waals surface area contributed by atoms with E-state index in [2.05, 4.69) is 26.5 Å². The molecule has 0 spiro atoms. The lowest BCUT2D eigenvalue weighted by molar-refractivity contribution is -0.119. The van der Waals surface area contributed by atoms with E-state index < -0.39 is 5.82 Å². The van der Waals surface area contributed by atoms with Crippen LogP contribution in [-0.4, -0.2) is 33.4 Å². The average molecular weight is 399 g/mol. The molecule has 7 nitrogen and oxygen atoms in total. The number of anilines is 2. The van der Waals surface area contributed by atoms with Crippen LogP contribution in [0.5, 0.6) is 0 Å². The molecule has 0 radical (unpaired) electrons. The fraction of sp³-hybridized carbons (Fsp3) is 0.143. The molecule has 0 aliphatic heterocycles. The Labute approximate surface area is 156 Å². The van der Waals surface area contributed by atoms with Gasteiger partial charge in [-0.05, 0) is 30.4 Å². The van der Waals surface area contributed by atoms with Crippen molar-refractivity contribution in [3.63, 3.8) is 0 Å². The minimum Gasteiger partial charge on any atom is -0.331 e. The molecule has 2 aromatic rings. The lowest BCUT2D eigenvalue weighted by Crippen LogP contribution is -2.44. The summed E-state index contributed by atoms with van der Waals surface area (Å²) in [5.41, 5.74) is 5.35. The highest BCUT2D eigenvalue weighted by atomic mass is 32.2. The molecule has 0 saturated heterocycles. The second-order valence-corrected chi connectivity index (χ2v) is 6.80. The second-order valence-electron chi connectivity index (χ2n) is 4.52. The van der Waals surface area contributed by atoms with Crippen molar-refractivity contribution in [2.45, 2.75) is 0 Å². The van der Waals surface area contributed by atoms with Crippen LogP contribution in [0.25, 0.3) is 0 Å². The van der Waals surface area contributed by atoms with E-state index in [0.29, 0.717) is 10.8 Å². The number of thiazole rings is 1. The maximum absolute atomic E-state index is 13.0. The summed E-state index contributed by atoms with van der Waals surface area (Å²) >= 11 is 7.45. The van der Waals surface area contributed by atoms with Crippen molar-refractivity contribution in [1.29, 1.82) is 0 Å². The normalized spacial score (nSPS) is 9.96. The first-order valence-corrected chi connectivity index (χ1v) is 9.35. The van der Waals surface area contributed by atoms with Crippen LogP contribution in [0, 0.1) is 5.82 Å². The number of hydrogen-bond donors (Lipinski definition) is 4. The molecule has 0 unspecified atom stereocenters. The summed E-state index contributed by atoms with van der Waals surface area (Å²) in [7, 11) is 0. The van der Waals surface area contributed by atoms with Gasteiger partial charge in [-0.1, -0.05) is 6.07 Å². The summed E-state index contributed by atoms with van der Waals surface area (Å²) in [6.07, 6.45) is 1.59. The topological polar surface area (TPSA) is 95.2 Å². The number of hydrazine groups is 1. The van der Waals surface area contributed by atoms with Gasteiger partial charge in [0, 0.05) is 17.3 Å². The van der Waals surface area contributed by atoms with Crippen molar-refractivity contribution < 1.29 is 14.0 Å². The largest absolute Gasteiger partial charge is 0.331 e. The Hall–Kier alpha value is -2.24. The predicted molar refractivity (Wildman–Crippen MR) is 102 cm³/mol. The van der Waals surface area contributed by atoms with Gasteiger partial charge in [-0.3, -0.25) is 20.4 Å². The minimum atomic E-state index is -0.399. The molecule has 132 valence electrons. The van der Waals surface area contributed by atoms with Crippen molar-refractivity contribution in [2.75, 3.05) is 22.1 Å². The molecule has 0 atom stereocenters. The highest BCUT2D eigenvalue weighted by molar-refractivity contribution is 8.00. The van der Waals surface area contributed by atoms with Crippen LogP contribution in [0.4, 0.5) is 15.2 Å². The number of nitrogens with one attached hydrogen (secondary N) is 4. The Balaban J connectivity index is 1.60. The van der Waals surface area contributed by atoms with Crippen LogP contribution in [-0.2, 0) is 9.59 Å². The van der Waals surface area contributed by atoms with Gasteiger partial charge in [-0.15, -0.1) is 23.1 Å². The van der Waals surface area contributed by atoms with Gasteiger partial charge in [-0.2, -0.15) is 0 Å². The van der Waals surface area contributed by atoms with Crippen LogP contribution < -0.4 is 21.5 Å². The molecule has 2 rings (SSSR count). The van der Waals surface area contributed by atoms with Crippen LogP contribution in [0.15, 0.2) is 35.8 Å². The first-order chi connectivity index (χ1) is 12.0. The summed E-state index contributed by atoms with van der Waals surface area (Å²) in [6, 6.07) is 5.75. The quantitative estimate of drug-likeness (QED) is 0.436. The number of rotatable bonds is 6. The van der Waals surface area contributed by atoms with Crippen molar-refractivity contribution in [3.05, 3.63) is 41.7 Å². The number of nitrogens with zero attached hydrogens (tertiary/aromatic N) is 1. The average Bonchev–Trinajstić information content (AvgIpc) is 3.06. The summed E-state index contributed by atoms with van der Waals surface area (Å²) < 4.78 is 13.0. The second kappa shape index (κ2) is 9.91. The Morgan fingerprint density at radius 2 is 2.00 bits per heavy atom. The van der Waals surface area contributed by atoms with E-state index in [1.165, 1.54) is 29.5 Å². The summed E-state index contributed by atoms with van der Waals surface area (Å²) in [4.78, 5) is 27.2. The molecule has 25 heavy (non-hydrogen) atoms. The maximum atomic E-state index is 13.0. The first kappa shape index (κ1) is 19.1. The molecule has 0 fully saturated rings. The van der Waals surface area contributed by atoms with Crippen molar-refractivity contribution in [2.24, 2.45) is 0 Å². The molecule has 2 amide bonds. The molecule has 11 heteroatoms. The van der Waals surface area contributed by atoms with Gasteiger partial charge in [0.1, 0.15) is 5.82 Å². The Bertz CT molecular complexity index is 742. The Morgan fingerprint density at radius 3 is 2.72 bits per heavy atom. The van der Waals surface area contributed by atoms with Crippen molar-refractivity contribution in [1.82, 2.24) is 15.8 Å².